The highest BCUT2D eigenvalue weighted by Crippen LogP contribution is 2.10. The third kappa shape index (κ3) is 4.01. The van der Waals surface area contributed by atoms with E-state index < -0.39 is 11.8 Å². The lowest BCUT2D eigenvalue weighted by atomic mass is 10.1. The molecule has 0 heterocycles. The van der Waals surface area contributed by atoms with Gasteiger partial charge in [-0.05, 0) is 25.5 Å². The molecule has 1 aromatic rings. The summed E-state index contributed by atoms with van der Waals surface area (Å²) in [5, 5.41) is 4.91. The molecule has 0 aliphatic rings. The maximum atomic E-state index is 11.5. The average Bonchev–Trinajstić information content (AvgIpc) is 2.36. The number of anilines is 1. The zero-order valence-corrected chi connectivity index (χ0v) is 10.4. The van der Waals surface area contributed by atoms with E-state index in [4.69, 9.17) is 0 Å². The Morgan fingerprint density at radius 1 is 1.17 bits per heavy atom. The Balaban J connectivity index is 2.67. The molecule has 5 heteroatoms. The number of rotatable bonds is 4. The fraction of sp³-hybridized carbons (Fsp3) is 0.308. The predicted molar refractivity (Wildman–Crippen MR) is 68.4 cm³/mol. The van der Waals surface area contributed by atoms with E-state index in [1.54, 1.807) is 18.2 Å². The predicted octanol–water partition coefficient (Wildman–Crippen LogP) is 1.35. The van der Waals surface area contributed by atoms with Crippen LogP contribution < -0.4 is 10.6 Å². The number of carbonyl (C=O) groups excluding carboxylic acids is 3. The molecule has 0 saturated carbocycles. The molecule has 2 N–H and O–H groups in total. The van der Waals surface area contributed by atoms with Gasteiger partial charge in [-0.25, -0.2) is 0 Å². The minimum absolute atomic E-state index is 0.0958. The quantitative estimate of drug-likeness (QED) is 0.624. The lowest BCUT2D eigenvalue weighted by Crippen LogP contribution is -2.35. The number of amides is 2. The van der Waals surface area contributed by atoms with Crippen LogP contribution in [0.15, 0.2) is 24.3 Å². The first-order chi connectivity index (χ1) is 8.54. The average molecular weight is 248 g/mol. The van der Waals surface area contributed by atoms with Crippen LogP contribution in [0.25, 0.3) is 0 Å². The highest BCUT2D eigenvalue weighted by Gasteiger charge is 2.12. The van der Waals surface area contributed by atoms with Crippen molar-refractivity contribution in [3.05, 3.63) is 29.8 Å². The van der Waals surface area contributed by atoms with Crippen molar-refractivity contribution in [2.45, 2.75) is 20.3 Å². The van der Waals surface area contributed by atoms with Crippen molar-refractivity contribution < 1.29 is 14.4 Å². The first-order valence-electron chi connectivity index (χ1n) is 5.74. The molecular weight excluding hydrogens is 232 g/mol. The number of Topliss-reactive ketones (excluding diaryl/α,β-unsaturated/α-hetero) is 1. The Hall–Kier alpha value is -2.17. The first-order valence-corrected chi connectivity index (χ1v) is 5.74. The van der Waals surface area contributed by atoms with Crippen molar-refractivity contribution in [1.29, 1.82) is 0 Å². The van der Waals surface area contributed by atoms with Gasteiger partial charge >= 0.3 is 11.8 Å². The molecule has 18 heavy (non-hydrogen) atoms. The van der Waals surface area contributed by atoms with Crippen molar-refractivity contribution >= 4 is 23.3 Å². The number of benzene rings is 1. The molecule has 2 amide bonds. The largest absolute Gasteiger partial charge is 0.348 e. The van der Waals surface area contributed by atoms with Gasteiger partial charge in [-0.15, -0.1) is 0 Å². The van der Waals surface area contributed by atoms with E-state index in [9.17, 15) is 14.4 Å². The van der Waals surface area contributed by atoms with Crippen LogP contribution >= 0.6 is 0 Å². The Labute approximate surface area is 106 Å². The summed E-state index contributed by atoms with van der Waals surface area (Å²) in [7, 11) is 0. The molecule has 0 unspecified atom stereocenters. The van der Waals surface area contributed by atoms with E-state index in [1.165, 1.54) is 13.0 Å². The second-order valence-electron chi connectivity index (χ2n) is 3.85. The van der Waals surface area contributed by atoms with Crippen LogP contribution in [0.1, 0.15) is 30.6 Å². The fourth-order valence-electron chi connectivity index (χ4n) is 1.32. The van der Waals surface area contributed by atoms with Gasteiger partial charge in [-0.1, -0.05) is 19.1 Å². The molecule has 0 spiro atoms. The number of ketones is 1. The van der Waals surface area contributed by atoms with Crippen LogP contribution in [0.5, 0.6) is 0 Å². The fourth-order valence-corrected chi connectivity index (χ4v) is 1.32. The molecule has 0 radical (unpaired) electrons. The summed E-state index contributed by atoms with van der Waals surface area (Å²) in [4.78, 5) is 34.0. The molecule has 0 aromatic heterocycles. The van der Waals surface area contributed by atoms with Crippen LogP contribution in [0.2, 0.25) is 0 Å². The number of hydrogen-bond acceptors (Lipinski definition) is 3. The minimum atomic E-state index is -0.732. The summed E-state index contributed by atoms with van der Waals surface area (Å²) >= 11 is 0. The van der Waals surface area contributed by atoms with E-state index in [2.05, 4.69) is 10.6 Å². The zero-order valence-electron chi connectivity index (χ0n) is 10.4. The highest BCUT2D eigenvalue weighted by molar-refractivity contribution is 6.39. The summed E-state index contributed by atoms with van der Waals surface area (Å²) < 4.78 is 0. The van der Waals surface area contributed by atoms with Gasteiger partial charge in [-0.3, -0.25) is 14.4 Å². The van der Waals surface area contributed by atoms with Gasteiger partial charge in [0.1, 0.15) is 0 Å². The smallest absolute Gasteiger partial charge is 0.313 e. The second kappa shape index (κ2) is 6.54. The van der Waals surface area contributed by atoms with Gasteiger partial charge in [-0.2, -0.15) is 0 Å². The van der Waals surface area contributed by atoms with Gasteiger partial charge in [0.2, 0.25) is 0 Å². The summed E-state index contributed by atoms with van der Waals surface area (Å²) in [6.45, 7) is 3.79. The van der Waals surface area contributed by atoms with Crippen LogP contribution in [0.4, 0.5) is 5.69 Å². The van der Waals surface area contributed by atoms with Crippen LogP contribution in [0, 0.1) is 0 Å². The topological polar surface area (TPSA) is 75.3 Å². The highest BCUT2D eigenvalue weighted by atomic mass is 16.2. The molecule has 0 fully saturated rings. The summed E-state index contributed by atoms with van der Waals surface area (Å²) in [6.07, 6.45) is 0.763. The van der Waals surface area contributed by atoms with Crippen LogP contribution in [-0.4, -0.2) is 24.1 Å². The Bertz CT molecular complexity index is 469. The molecule has 96 valence electrons. The van der Waals surface area contributed by atoms with Crippen LogP contribution in [-0.2, 0) is 9.59 Å². The Kier molecular flexibility index (Phi) is 5.05. The maximum Gasteiger partial charge on any atom is 0.313 e. The van der Waals surface area contributed by atoms with Gasteiger partial charge in [0.05, 0.1) is 0 Å². The van der Waals surface area contributed by atoms with Crippen molar-refractivity contribution in [1.82, 2.24) is 5.32 Å². The molecule has 1 rings (SSSR count). The van der Waals surface area contributed by atoms with Crippen molar-refractivity contribution in [3.63, 3.8) is 0 Å². The lowest BCUT2D eigenvalue weighted by Gasteiger charge is -2.06. The maximum absolute atomic E-state index is 11.5. The molecule has 0 atom stereocenters. The van der Waals surface area contributed by atoms with Crippen molar-refractivity contribution in [2.24, 2.45) is 0 Å². The monoisotopic (exact) mass is 248 g/mol. The normalized spacial score (nSPS) is 9.67. The first kappa shape index (κ1) is 13.9. The summed E-state index contributed by atoms with van der Waals surface area (Å²) in [5.41, 5.74) is 0.918. The number of nitrogens with one attached hydrogen (secondary N) is 2. The lowest BCUT2D eigenvalue weighted by molar-refractivity contribution is -0.136. The summed E-state index contributed by atoms with van der Waals surface area (Å²) in [6, 6.07) is 6.45. The van der Waals surface area contributed by atoms with E-state index in [-0.39, 0.29) is 5.78 Å². The standard InChI is InChI=1S/C13H16N2O3/c1-3-7-14-12(17)13(18)15-11-6-4-5-10(8-11)9(2)16/h4-6,8H,3,7H2,1-2H3,(H,14,17)(H,15,18). The van der Waals surface area contributed by atoms with E-state index in [0.29, 0.717) is 17.8 Å². The van der Waals surface area contributed by atoms with Gasteiger partial charge in [0, 0.05) is 17.8 Å². The minimum Gasteiger partial charge on any atom is -0.348 e. The molecule has 1 aromatic carbocycles. The molecule has 5 nitrogen and oxygen atoms in total. The summed E-state index contributed by atoms with van der Waals surface area (Å²) in [5.74, 6) is -1.50. The molecule has 0 aliphatic heterocycles. The Morgan fingerprint density at radius 2 is 1.89 bits per heavy atom. The molecule has 0 saturated heterocycles. The third-order valence-electron chi connectivity index (χ3n) is 2.27. The SMILES string of the molecule is CCCNC(=O)C(=O)Nc1cccc(C(C)=O)c1. The van der Waals surface area contributed by atoms with Gasteiger partial charge in [0.25, 0.3) is 0 Å². The van der Waals surface area contributed by atoms with Gasteiger partial charge < -0.3 is 10.6 Å². The van der Waals surface area contributed by atoms with Crippen LogP contribution in [0.3, 0.4) is 0 Å². The number of hydrogen-bond donors (Lipinski definition) is 2. The van der Waals surface area contributed by atoms with E-state index in [0.717, 1.165) is 6.42 Å². The van der Waals surface area contributed by atoms with Crippen molar-refractivity contribution in [2.75, 3.05) is 11.9 Å². The van der Waals surface area contributed by atoms with Gasteiger partial charge in [0.15, 0.2) is 5.78 Å². The Morgan fingerprint density at radius 3 is 2.50 bits per heavy atom. The number of carbonyl (C=O) groups is 3. The zero-order chi connectivity index (χ0) is 13.5. The molecule has 0 bridgehead atoms. The van der Waals surface area contributed by atoms with E-state index >= 15 is 0 Å². The van der Waals surface area contributed by atoms with Crippen molar-refractivity contribution in [3.8, 4) is 0 Å². The second-order valence-corrected chi connectivity index (χ2v) is 3.85. The molecular formula is C13H16N2O3. The molecule has 0 aliphatic carbocycles. The third-order valence-corrected chi connectivity index (χ3v) is 2.27. The van der Waals surface area contributed by atoms with E-state index in [1.807, 2.05) is 6.92 Å².